The smallest absolute Gasteiger partial charge is 0.330 e. The van der Waals surface area contributed by atoms with E-state index in [4.69, 9.17) is 9.72 Å². The first-order valence-electron chi connectivity index (χ1n) is 10.6. The van der Waals surface area contributed by atoms with Gasteiger partial charge in [0, 0.05) is 25.8 Å². The van der Waals surface area contributed by atoms with Crippen LogP contribution in [0.4, 0.5) is 0 Å². The molecule has 0 saturated carbocycles. The van der Waals surface area contributed by atoms with E-state index in [0.29, 0.717) is 42.4 Å². The number of nitrogens with zero attached hydrogens (tertiary/aromatic N) is 7. The van der Waals surface area contributed by atoms with E-state index >= 15 is 0 Å². The van der Waals surface area contributed by atoms with Gasteiger partial charge >= 0.3 is 5.69 Å². The van der Waals surface area contributed by atoms with E-state index in [9.17, 15) is 10.1 Å². The first-order chi connectivity index (χ1) is 15.6. The lowest BCUT2D eigenvalue weighted by Gasteiger charge is -2.22. The zero-order valence-electron chi connectivity index (χ0n) is 18.0. The van der Waals surface area contributed by atoms with Crippen LogP contribution in [0.3, 0.4) is 0 Å². The Morgan fingerprint density at radius 1 is 1.25 bits per heavy atom. The lowest BCUT2D eigenvalue weighted by molar-refractivity contribution is 0.0695. The minimum Gasteiger partial charge on any atom is -0.381 e. The van der Waals surface area contributed by atoms with Crippen LogP contribution in [-0.2, 0) is 11.3 Å². The number of hydrogen-bond donors (Lipinski definition) is 0. The van der Waals surface area contributed by atoms with Crippen LogP contribution in [0, 0.1) is 11.3 Å². The van der Waals surface area contributed by atoms with Gasteiger partial charge < -0.3 is 4.74 Å². The Morgan fingerprint density at radius 3 is 2.81 bits per heavy atom. The molecule has 5 rings (SSSR count). The number of aromatic nitrogens is 6. The minimum absolute atomic E-state index is 0.0270. The second-order valence-electron chi connectivity index (χ2n) is 8.20. The summed E-state index contributed by atoms with van der Waals surface area (Å²) in [5, 5.41) is 9.27. The van der Waals surface area contributed by atoms with Crippen LogP contribution in [0.25, 0.3) is 28.1 Å². The standard InChI is InChI=1S/C23H23N7O2/c1-15(2)5-8-28-20-13-25-22(29-14-26-18-4-3-16(12-24)11-19(18)29)27-21(20)30(23(28)31)17-6-9-32-10-7-17/h3-5,11,13-14,17H,6-10H2,1-2H3. The molecule has 0 atom stereocenters. The van der Waals surface area contributed by atoms with Crippen molar-refractivity contribution in [3.05, 3.63) is 58.4 Å². The van der Waals surface area contributed by atoms with Gasteiger partial charge in [0.05, 0.1) is 28.9 Å². The molecule has 1 saturated heterocycles. The van der Waals surface area contributed by atoms with Crippen molar-refractivity contribution in [1.29, 1.82) is 5.26 Å². The molecular formula is C23H23N7O2. The molecule has 1 aliphatic heterocycles. The Labute approximate surface area is 184 Å². The molecule has 0 bridgehead atoms. The van der Waals surface area contributed by atoms with E-state index in [2.05, 4.69) is 16.0 Å². The van der Waals surface area contributed by atoms with Gasteiger partial charge in [0.25, 0.3) is 0 Å². The molecular weight excluding hydrogens is 406 g/mol. The fraction of sp³-hybridized carbons (Fsp3) is 0.348. The van der Waals surface area contributed by atoms with Gasteiger partial charge in [0.15, 0.2) is 5.65 Å². The average Bonchev–Trinajstić information content (AvgIpc) is 3.35. The molecule has 4 aromatic rings. The summed E-state index contributed by atoms with van der Waals surface area (Å²) in [6.07, 6.45) is 6.90. The third-order valence-electron chi connectivity index (χ3n) is 5.82. The highest BCUT2D eigenvalue weighted by Gasteiger charge is 2.24. The zero-order chi connectivity index (χ0) is 22.2. The van der Waals surface area contributed by atoms with Crippen LogP contribution in [0.1, 0.15) is 38.3 Å². The SMILES string of the molecule is CC(C)=CCn1c(=O)n(C2CCOCC2)c2nc(-n3cnc4ccc(C#N)cc43)ncc21. The first-order valence-corrected chi connectivity index (χ1v) is 10.6. The van der Waals surface area contributed by atoms with Crippen molar-refractivity contribution in [3.63, 3.8) is 0 Å². The Balaban J connectivity index is 1.71. The molecule has 0 aliphatic carbocycles. The predicted octanol–water partition coefficient (Wildman–Crippen LogP) is 3.12. The van der Waals surface area contributed by atoms with E-state index in [1.807, 2.05) is 19.9 Å². The molecule has 0 N–H and O–H groups in total. The summed E-state index contributed by atoms with van der Waals surface area (Å²) >= 11 is 0. The lowest BCUT2D eigenvalue weighted by Crippen LogP contribution is -2.30. The number of nitriles is 1. The van der Waals surface area contributed by atoms with Crippen LogP contribution < -0.4 is 5.69 Å². The van der Waals surface area contributed by atoms with E-state index in [1.54, 1.807) is 44.4 Å². The Morgan fingerprint density at radius 2 is 2.06 bits per heavy atom. The summed E-state index contributed by atoms with van der Waals surface area (Å²) in [6, 6.07) is 7.48. The van der Waals surface area contributed by atoms with Gasteiger partial charge in [0.2, 0.25) is 5.95 Å². The van der Waals surface area contributed by atoms with Crippen molar-refractivity contribution < 1.29 is 4.74 Å². The molecule has 0 radical (unpaired) electrons. The van der Waals surface area contributed by atoms with Crippen molar-refractivity contribution in [2.75, 3.05) is 13.2 Å². The van der Waals surface area contributed by atoms with Crippen molar-refractivity contribution in [2.45, 2.75) is 39.3 Å². The maximum Gasteiger partial charge on any atom is 0.330 e. The largest absolute Gasteiger partial charge is 0.381 e. The summed E-state index contributed by atoms with van der Waals surface area (Å²) in [5.41, 5.74) is 4.38. The van der Waals surface area contributed by atoms with E-state index < -0.39 is 0 Å². The molecule has 1 fully saturated rings. The van der Waals surface area contributed by atoms with Crippen LogP contribution in [0.15, 0.2) is 47.2 Å². The molecule has 0 spiro atoms. The number of allylic oxidation sites excluding steroid dienone is 2. The highest BCUT2D eigenvalue weighted by Crippen LogP contribution is 2.25. The van der Waals surface area contributed by atoms with Crippen LogP contribution >= 0.6 is 0 Å². The number of ether oxygens (including phenoxy) is 1. The molecule has 162 valence electrons. The second-order valence-corrected chi connectivity index (χ2v) is 8.20. The lowest BCUT2D eigenvalue weighted by atomic mass is 10.1. The highest BCUT2D eigenvalue weighted by atomic mass is 16.5. The number of benzene rings is 1. The topological polar surface area (TPSA) is 104 Å². The number of fused-ring (bicyclic) bond motifs is 2. The Hall–Kier alpha value is -3.77. The molecule has 1 aliphatic rings. The van der Waals surface area contributed by atoms with E-state index in [0.717, 1.165) is 29.4 Å². The van der Waals surface area contributed by atoms with Gasteiger partial charge in [-0.3, -0.25) is 13.7 Å². The van der Waals surface area contributed by atoms with Gasteiger partial charge in [-0.25, -0.2) is 14.8 Å². The van der Waals surface area contributed by atoms with Crippen LogP contribution in [0.5, 0.6) is 0 Å². The van der Waals surface area contributed by atoms with Gasteiger partial charge in [0.1, 0.15) is 11.8 Å². The van der Waals surface area contributed by atoms with Gasteiger partial charge in [-0.1, -0.05) is 11.6 Å². The molecule has 3 aromatic heterocycles. The molecule has 32 heavy (non-hydrogen) atoms. The molecule has 0 amide bonds. The first kappa shape index (κ1) is 20.2. The number of hydrogen-bond acceptors (Lipinski definition) is 6. The van der Waals surface area contributed by atoms with Gasteiger partial charge in [-0.2, -0.15) is 10.2 Å². The van der Waals surface area contributed by atoms with Crippen LogP contribution in [0.2, 0.25) is 0 Å². The predicted molar refractivity (Wildman–Crippen MR) is 120 cm³/mol. The minimum atomic E-state index is -0.0851. The van der Waals surface area contributed by atoms with Crippen LogP contribution in [-0.4, -0.2) is 41.9 Å². The molecule has 4 heterocycles. The number of rotatable bonds is 4. The van der Waals surface area contributed by atoms with Crippen molar-refractivity contribution in [1.82, 2.24) is 28.7 Å². The molecule has 9 nitrogen and oxygen atoms in total. The van der Waals surface area contributed by atoms with E-state index in [-0.39, 0.29) is 11.7 Å². The van der Waals surface area contributed by atoms with Gasteiger partial charge in [-0.15, -0.1) is 0 Å². The maximum atomic E-state index is 13.4. The maximum absolute atomic E-state index is 13.4. The normalized spacial score (nSPS) is 14.7. The summed E-state index contributed by atoms with van der Waals surface area (Å²) in [6.45, 7) is 5.74. The zero-order valence-corrected chi connectivity index (χ0v) is 18.0. The van der Waals surface area contributed by atoms with E-state index in [1.165, 1.54) is 0 Å². The fourth-order valence-corrected chi connectivity index (χ4v) is 4.12. The molecule has 9 heteroatoms. The third-order valence-corrected chi connectivity index (χ3v) is 5.82. The summed E-state index contributed by atoms with van der Waals surface area (Å²) < 4.78 is 10.8. The monoisotopic (exact) mass is 429 g/mol. The van der Waals surface area contributed by atoms with Gasteiger partial charge in [-0.05, 0) is 44.9 Å². The van der Waals surface area contributed by atoms with Crippen molar-refractivity contribution in [2.24, 2.45) is 0 Å². The number of imidazole rings is 2. The Bertz CT molecular complexity index is 1440. The third kappa shape index (κ3) is 3.39. The highest BCUT2D eigenvalue weighted by molar-refractivity contribution is 5.79. The summed E-state index contributed by atoms with van der Waals surface area (Å²) in [4.78, 5) is 27.2. The molecule has 1 aromatic carbocycles. The second kappa shape index (κ2) is 8.05. The average molecular weight is 429 g/mol. The quantitative estimate of drug-likeness (QED) is 0.462. The summed E-state index contributed by atoms with van der Waals surface area (Å²) in [7, 11) is 0. The molecule has 0 unspecified atom stereocenters. The Kier molecular flexibility index (Phi) is 5.07. The van der Waals surface area contributed by atoms with Crippen molar-refractivity contribution in [3.8, 4) is 12.0 Å². The van der Waals surface area contributed by atoms with Crippen molar-refractivity contribution >= 4 is 22.2 Å². The fourth-order valence-electron chi connectivity index (χ4n) is 4.12. The summed E-state index contributed by atoms with van der Waals surface area (Å²) in [5.74, 6) is 0.412.